The van der Waals surface area contributed by atoms with Crippen LogP contribution in [0.1, 0.15) is 26.7 Å². The lowest BCUT2D eigenvalue weighted by Crippen LogP contribution is -2.38. The van der Waals surface area contributed by atoms with Crippen LogP contribution in [-0.4, -0.2) is 33.3 Å². The summed E-state index contributed by atoms with van der Waals surface area (Å²) in [5, 5.41) is 3.23. The zero-order chi connectivity index (χ0) is 10.6. The fourth-order valence-electron chi connectivity index (χ4n) is 1.77. The molecule has 1 rings (SSSR count). The molecule has 1 heterocycles. The highest BCUT2D eigenvalue weighted by molar-refractivity contribution is 7.89. The van der Waals surface area contributed by atoms with Crippen LogP contribution in [-0.2, 0) is 10.0 Å². The fourth-order valence-corrected chi connectivity index (χ4v) is 3.53. The Balaban J connectivity index is 2.41. The first-order valence-corrected chi connectivity index (χ1v) is 6.85. The van der Waals surface area contributed by atoms with Gasteiger partial charge in [-0.2, -0.15) is 0 Å². The Morgan fingerprint density at radius 1 is 1.36 bits per heavy atom. The van der Waals surface area contributed by atoms with Crippen molar-refractivity contribution < 1.29 is 8.42 Å². The number of hydrogen-bond acceptors (Lipinski definition) is 3. The van der Waals surface area contributed by atoms with Gasteiger partial charge in [-0.05, 0) is 45.7 Å². The molecule has 1 aliphatic heterocycles. The quantitative estimate of drug-likeness (QED) is 0.717. The minimum Gasteiger partial charge on any atom is -0.317 e. The molecule has 0 aromatic heterocycles. The average molecular weight is 220 g/mol. The smallest absolute Gasteiger partial charge is 0.212 e. The molecule has 0 aliphatic carbocycles. The van der Waals surface area contributed by atoms with Crippen LogP contribution in [0.2, 0.25) is 0 Å². The molecule has 0 aromatic carbocycles. The first-order valence-electron chi connectivity index (χ1n) is 5.20. The summed E-state index contributed by atoms with van der Waals surface area (Å²) in [4.78, 5) is 0. The first-order chi connectivity index (χ1) is 6.49. The van der Waals surface area contributed by atoms with Crippen molar-refractivity contribution in [1.82, 2.24) is 10.0 Å². The highest BCUT2D eigenvalue weighted by atomic mass is 32.2. The molecule has 5 heteroatoms. The van der Waals surface area contributed by atoms with Crippen LogP contribution in [0.5, 0.6) is 0 Å². The van der Waals surface area contributed by atoms with Gasteiger partial charge >= 0.3 is 0 Å². The van der Waals surface area contributed by atoms with Gasteiger partial charge in [-0.3, -0.25) is 0 Å². The molecule has 1 aliphatic rings. The summed E-state index contributed by atoms with van der Waals surface area (Å²) in [7, 11) is -3.06. The summed E-state index contributed by atoms with van der Waals surface area (Å²) in [5.41, 5.74) is 0. The Bertz CT molecular complexity index is 256. The zero-order valence-electron chi connectivity index (χ0n) is 8.91. The molecule has 84 valence electrons. The van der Waals surface area contributed by atoms with E-state index < -0.39 is 10.0 Å². The Morgan fingerprint density at radius 2 is 1.93 bits per heavy atom. The molecular weight excluding hydrogens is 200 g/mol. The maximum atomic E-state index is 11.6. The van der Waals surface area contributed by atoms with Crippen LogP contribution in [0.25, 0.3) is 0 Å². The summed E-state index contributed by atoms with van der Waals surface area (Å²) >= 11 is 0. The number of nitrogens with one attached hydrogen (secondary N) is 2. The van der Waals surface area contributed by atoms with Crippen LogP contribution in [0.15, 0.2) is 0 Å². The second-order valence-corrected chi connectivity index (χ2v) is 6.05. The van der Waals surface area contributed by atoms with Gasteiger partial charge in [-0.25, -0.2) is 13.1 Å². The topological polar surface area (TPSA) is 58.2 Å². The van der Waals surface area contributed by atoms with Gasteiger partial charge in [0, 0.05) is 6.04 Å². The van der Waals surface area contributed by atoms with Crippen molar-refractivity contribution in [3.63, 3.8) is 0 Å². The maximum Gasteiger partial charge on any atom is 0.212 e. The maximum absolute atomic E-state index is 11.6. The molecule has 1 fully saturated rings. The molecule has 1 saturated heterocycles. The molecule has 0 radical (unpaired) electrons. The minimum atomic E-state index is -3.06. The van der Waals surface area contributed by atoms with Crippen LogP contribution >= 0.6 is 0 Å². The van der Waals surface area contributed by atoms with E-state index in [1.54, 1.807) is 0 Å². The first kappa shape index (κ1) is 11.9. The van der Waals surface area contributed by atoms with E-state index in [-0.39, 0.29) is 11.8 Å². The molecule has 0 bridgehead atoms. The normalized spacial score (nSPS) is 20.2. The van der Waals surface area contributed by atoms with Crippen molar-refractivity contribution in [2.45, 2.75) is 32.7 Å². The highest BCUT2D eigenvalue weighted by Crippen LogP contribution is 2.13. The predicted octanol–water partition coefficient (Wildman–Crippen LogP) is 0.314. The molecule has 0 unspecified atom stereocenters. The molecule has 4 nitrogen and oxygen atoms in total. The Hall–Kier alpha value is -0.130. The standard InChI is InChI=1S/C9H20N2O2S/c1-8(2)11-14(12,13)7-9-3-5-10-6-4-9/h8-11H,3-7H2,1-2H3. The fraction of sp³-hybridized carbons (Fsp3) is 1.00. The summed E-state index contributed by atoms with van der Waals surface area (Å²) in [6.07, 6.45) is 1.94. The van der Waals surface area contributed by atoms with Crippen LogP contribution < -0.4 is 10.0 Å². The van der Waals surface area contributed by atoms with Gasteiger partial charge in [-0.15, -0.1) is 0 Å². The van der Waals surface area contributed by atoms with Gasteiger partial charge in [0.05, 0.1) is 5.75 Å². The largest absolute Gasteiger partial charge is 0.317 e. The van der Waals surface area contributed by atoms with E-state index in [0.717, 1.165) is 25.9 Å². The van der Waals surface area contributed by atoms with Crippen molar-refractivity contribution in [2.24, 2.45) is 5.92 Å². The lowest BCUT2D eigenvalue weighted by molar-refractivity contribution is 0.399. The third-order valence-corrected chi connectivity index (χ3v) is 4.07. The molecule has 14 heavy (non-hydrogen) atoms. The average Bonchev–Trinajstić information content (AvgIpc) is 2.02. The highest BCUT2D eigenvalue weighted by Gasteiger charge is 2.21. The lowest BCUT2D eigenvalue weighted by Gasteiger charge is -2.22. The van der Waals surface area contributed by atoms with Crippen LogP contribution in [0.3, 0.4) is 0 Å². The zero-order valence-corrected chi connectivity index (χ0v) is 9.73. The van der Waals surface area contributed by atoms with Crippen molar-refractivity contribution in [1.29, 1.82) is 0 Å². The van der Waals surface area contributed by atoms with Gasteiger partial charge < -0.3 is 5.32 Å². The van der Waals surface area contributed by atoms with E-state index >= 15 is 0 Å². The second-order valence-electron chi connectivity index (χ2n) is 4.25. The van der Waals surface area contributed by atoms with Crippen molar-refractivity contribution in [2.75, 3.05) is 18.8 Å². The van der Waals surface area contributed by atoms with E-state index in [1.807, 2.05) is 13.8 Å². The van der Waals surface area contributed by atoms with E-state index in [4.69, 9.17) is 0 Å². The summed E-state index contributed by atoms with van der Waals surface area (Å²) < 4.78 is 25.8. The minimum absolute atomic E-state index is 0.00159. The monoisotopic (exact) mass is 220 g/mol. The van der Waals surface area contributed by atoms with Crippen molar-refractivity contribution >= 4 is 10.0 Å². The second kappa shape index (κ2) is 5.09. The van der Waals surface area contributed by atoms with E-state index in [1.165, 1.54) is 0 Å². The SMILES string of the molecule is CC(C)NS(=O)(=O)CC1CCNCC1. The van der Waals surface area contributed by atoms with Gasteiger partial charge in [0.15, 0.2) is 0 Å². The van der Waals surface area contributed by atoms with Gasteiger partial charge in [0.25, 0.3) is 0 Å². The molecule has 2 N–H and O–H groups in total. The molecule has 0 aromatic rings. The van der Waals surface area contributed by atoms with Gasteiger partial charge in [-0.1, -0.05) is 0 Å². The Kier molecular flexibility index (Phi) is 4.34. The molecular formula is C9H20N2O2S. The van der Waals surface area contributed by atoms with E-state index in [0.29, 0.717) is 5.92 Å². The van der Waals surface area contributed by atoms with Crippen LogP contribution in [0, 0.1) is 5.92 Å². The predicted molar refractivity (Wildman–Crippen MR) is 57.7 cm³/mol. The summed E-state index contributed by atoms with van der Waals surface area (Å²) in [6, 6.07) is 0.00159. The number of piperidine rings is 1. The van der Waals surface area contributed by atoms with Crippen LogP contribution in [0.4, 0.5) is 0 Å². The Morgan fingerprint density at radius 3 is 2.43 bits per heavy atom. The van der Waals surface area contributed by atoms with Crippen molar-refractivity contribution in [3.8, 4) is 0 Å². The number of rotatable bonds is 4. The third kappa shape index (κ3) is 4.39. The molecule has 0 atom stereocenters. The summed E-state index contributed by atoms with van der Waals surface area (Å²) in [6.45, 7) is 5.59. The van der Waals surface area contributed by atoms with E-state index in [2.05, 4.69) is 10.0 Å². The lowest BCUT2D eigenvalue weighted by atomic mass is 10.0. The van der Waals surface area contributed by atoms with E-state index in [9.17, 15) is 8.42 Å². The van der Waals surface area contributed by atoms with Crippen molar-refractivity contribution in [3.05, 3.63) is 0 Å². The number of sulfonamides is 1. The van der Waals surface area contributed by atoms with Gasteiger partial charge in [0.2, 0.25) is 10.0 Å². The number of hydrogen-bond donors (Lipinski definition) is 2. The Labute approximate surface area is 86.5 Å². The molecule has 0 spiro atoms. The molecule has 0 saturated carbocycles. The molecule has 0 amide bonds. The summed E-state index contributed by atoms with van der Waals surface area (Å²) in [5.74, 6) is 0.611. The van der Waals surface area contributed by atoms with Gasteiger partial charge in [0.1, 0.15) is 0 Å². The third-order valence-electron chi connectivity index (χ3n) is 2.33.